The lowest BCUT2D eigenvalue weighted by Crippen LogP contribution is -2.20. The predicted molar refractivity (Wildman–Crippen MR) is 58.4 cm³/mol. The van der Waals surface area contributed by atoms with E-state index >= 15 is 0 Å². The molecule has 5 nitrogen and oxygen atoms in total. The number of fused-ring (bicyclic) bond motifs is 3. The van der Waals surface area contributed by atoms with Crippen LogP contribution in [0.2, 0.25) is 0 Å². The van der Waals surface area contributed by atoms with Gasteiger partial charge in [-0.15, -0.1) is 11.3 Å². The lowest BCUT2D eigenvalue weighted by atomic mass is 10.3. The molecule has 0 aliphatic carbocycles. The Morgan fingerprint density at radius 1 is 1.27 bits per heavy atom. The van der Waals surface area contributed by atoms with Gasteiger partial charge in [0.15, 0.2) is 0 Å². The standard InChI is InChI=1S/C9H5N3O2S/c13-8-7-6(11-9(14)12-8)4-3-10-2-1-5(4)15-7/h1-3H,(H2,11,12,13,14). The lowest BCUT2D eigenvalue weighted by molar-refractivity contribution is 1.09. The van der Waals surface area contributed by atoms with Crippen LogP contribution in [0.25, 0.3) is 20.3 Å². The molecule has 0 saturated heterocycles. The average Bonchev–Trinajstić information content (AvgIpc) is 2.57. The first-order chi connectivity index (χ1) is 7.25. The van der Waals surface area contributed by atoms with E-state index in [1.165, 1.54) is 11.3 Å². The molecular weight excluding hydrogens is 214 g/mol. The van der Waals surface area contributed by atoms with E-state index in [4.69, 9.17) is 0 Å². The molecule has 0 bridgehead atoms. The zero-order chi connectivity index (χ0) is 10.4. The zero-order valence-corrected chi connectivity index (χ0v) is 8.22. The van der Waals surface area contributed by atoms with Crippen molar-refractivity contribution in [3.8, 4) is 0 Å². The van der Waals surface area contributed by atoms with Crippen LogP contribution < -0.4 is 11.2 Å². The first-order valence-corrected chi connectivity index (χ1v) is 5.06. The van der Waals surface area contributed by atoms with Gasteiger partial charge in [-0.3, -0.25) is 14.8 Å². The van der Waals surface area contributed by atoms with Gasteiger partial charge in [0.05, 0.1) is 5.52 Å². The number of aromatic nitrogens is 3. The summed E-state index contributed by atoms with van der Waals surface area (Å²) in [5.74, 6) is 0. The number of nitrogens with zero attached hydrogens (tertiary/aromatic N) is 1. The molecule has 0 aliphatic rings. The first-order valence-electron chi connectivity index (χ1n) is 4.24. The van der Waals surface area contributed by atoms with E-state index in [0.717, 1.165) is 10.1 Å². The predicted octanol–water partition coefficient (Wildman–Crippen LogP) is 0.826. The van der Waals surface area contributed by atoms with E-state index in [-0.39, 0.29) is 5.56 Å². The molecule has 0 aliphatic heterocycles. The maximum Gasteiger partial charge on any atom is 0.326 e. The number of rotatable bonds is 0. The van der Waals surface area contributed by atoms with E-state index in [1.54, 1.807) is 12.4 Å². The van der Waals surface area contributed by atoms with Gasteiger partial charge in [0.1, 0.15) is 4.70 Å². The van der Waals surface area contributed by atoms with Gasteiger partial charge < -0.3 is 4.98 Å². The number of hydrogen-bond donors (Lipinski definition) is 2. The van der Waals surface area contributed by atoms with Gasteiger partial charge in [-0.05, 0) is 6.07 Å². The number of hydrogen-bond acceptors (Lipinski definition) is 4. The van der Waals surface area contributed by atoms with Crippen molar-refractivity contribution in [1.82, 2.24) is 15.0 Å². The average molecular weight is 219 g/mol. The summed E-state index contributed by atoms with van der Waals surface area (Å²) in [6, 6.07) is 1.82. The van der Waals surface area contributed by atoms with Crippen LogP contribution in [0.3, 0.4) is 0 Å². The van der Waals surface area contributed by atoms with Gasteiger partial charge in [-0.1, -0.05) is 0 Å². The topological polar surface area (TPSA) is 78.6 Å². The summed E-state index contributed by atoms with van der Waals surface area (Å²) in [6.45, 7) is 0. The number of H-pyrrole nitrogens is 2. The Kier molecular flexibility index (Phi) is 1.54. The van der Waals surface area contributed by atoms with Gasteiger partial charge in [0.25, 0.3) is 5.56 Å². The van der Waals surface area contributed by atoms with E-state index in [2.05, 4.69) is 15.0 Å². The summed E-state index contributed by atoms with van der Waals surface area (Å²) >= 11 is 1.34. The molecule has 3 heterocycles. The number of aromatic amines is 2. The summed E-state index contributed by atoms with van der Waals surface area (Å²) in [6.07, 6.45) is 3.30. The lowest BCUT2D eigenvalue weighted by Gasteiger charge is -1.88. The molecule has 0 spiro atoms. The van der Waals surface area contributed by atoms with Crippen LogP contribution in [0.1, 0.15) is 0 Å². The Morgan fingerprint density at radius 2 is 2.13 bits per heavy atom. The van der Waals surface area contributed by atoms with Crippen molar-refractivity contribution in [3.05, 3.63) is 39.3 Å². The van der Waals surface area contributed by atoms with E-state index in [9.17, 15) is 9.59 Å². The van der Waals surface area contributed by atoms with Crippen LogP contribution in [0.4, 0.5) is 0 Å². The van der Waals surface area contributed by atoms with Gasteiger partial charge in [-0.25, -0.2) is 4.79 Å². The van der Waals surface area contributed by atoms with E-state index in [0.29, 0.717) is 10.2 Å². The molecule has 0 aromatic carbocycles. The van der Waals surface area contributed by atoms with Crippen molar-refractivity contribution in [3.63, 3.8) is 0 Å². The van der Waals surface area contributed by atoms with Gasteiger partial charge >= 0.3 is 5.69 Å². The molecule has 3 aromatic rings. The third-order valence-corrected chi connectivity index (χ3v) is 3.33. The monoisotopic (exact) mass is 219 g/mol. The molecule has 15 heavy (non-hydrogen) atoms. The molecule has 0 radical (unpaired) electrons. The Balaban J connectivity index is 2.73. The maximum atomic E-state index is 11.5. The maximum absolute atomic E-state index is 11.5. The summed E-state index contributed by atoms with van der Waals surface area (Å²) in [7, 11) is 0. The van der Waals surface area contributed by atoms with Crippen LogP contribution in [0.15, 0.2) is 28.0 Å². The fourth-order valence-corrected chi connectivity index (χ4v) is 2.55. The van der Waals surface area contributed by atoms with Crippen molar-refractivity contribution in [2.45, 2.75) is 0 Å². The third kappa shape index (κ3) is 1.11. The van der Waals surface area contributed by atoms with Crippen LogP contribution in [-0.2, 0) is 0 Å². The van der Waals surface area contributed by atoms with Crippen molar-refractivity contribution in [2.24, 2.45) is 0 Å². The molecule has 0 unspecified atom stereocenters. The van der Waals surface area contributed by atoms with E-state index in [1.807, 2.05) is 6.07 Å². The normalized spacial score (nSPS) is 11.2. The van der Waals surface area contributed by atoms with Crippen LogP contribution in [0, 0.1) is 0 Å². The molecule has 74 valence electrons. The fraction of sp³-hybridized carbons (Fsp3) is 0. The highest BCUT2D eigenvalue weighted by atomic mass is 32.1. The largest absolute Gasteiger partial charge is 0.326 e. The first kappa shape index (κ1) is 8.37. The summed E-state index contributed by atoms with van der Waals surface area (Å²) in [4.78, 5) is 31.4. The molecule has 0 fully saturated rings. The summed E-state index contributed by atoms with van der Waals surface area (Å²) in [5.41, 5.74) is -0.275. The molecule has 3 aromatic heterocycles. The fourth-order valence-electron chi connectivity index (χ4n) is 1.53. The Morgan fingerprint density at radius 3 is 3.00 bits per heavy atom. The highest BCUT2D eigenvalue weighted by Crippen LogP contribution is 2.28. The smallest absolute Gasteiger partial charge is 0.305 e. The zero-order valence-electron chi connectivity index (χ0n) is 7.40. The molecule has 6 heteroatoms. The molecule has 2 N–H and O–H groups in total. The highest BCUT2D eigenvalue weighted by molar-refractivity contribution is 7.25. The minimum Gasteiger partial charge on any atom is -0.305 e. The molecular formula is C9H5N3O2S. The minimum atomic E-state index is -0.490. The van der Waals surface area contributed by atoms with Gasteiger partial charge in [0, 0.05) is 22.5 Å². The van der Waals surface area contributed by atoms with Crippen LogP contribution >= 0.6 is 11.3 Å². The Labute approximate surface area is 86.4 Å². The SMILES string of the molecule is O=c1[nH]c(=O)c2sc3ccncc3c2[nH]1. The van der Waals surface area contributed by atoms with Gasteiger partial charge in [-0.2, -0.15) is 0 Å². The second-order valence-corrected chi connectivity index (χ2v) is 4.14. The number of thiophene rings is 1. The molecule has 0 atom stereocenters. The highest BCUT2D eigenvalue weighted by Gasteiger charge is 2.08. The summed E-state index contributed by atoms with van der Waals surface area (Å²) in [5, 5.41) is 0.806. The second kappa shape index (κ2) is 2.77. The minimum absolute atomic E-state index is 0.352. The number of pyridine rings is 1. The third-order valence-electron chi connectivity index (χ3n) is 2.16. The number of nitrogens with one attached hydrogen (secondary N) is 2. The second-order valence-electron chi connectivity index (χ2n) is 3.09. The van der Waals surface area contributed by atoms with Crippen molar-refractivity contribution in [1.29, 1.82) is 0 Å². The van der Waals surface area contributed by atoms with Crippen molar-refractivity contribution in [2.75, 3.05) is 0 Å². The molecule has 3 rings (SSSR count). The quantitative estimate of drug-likeness (QED) is 0.587. The van der Waals surface area contributed by atoms with Crippen LogP contribution in [-0.4, -0.2) is 15.0 Å². The van der Waals surface area contributed by atoms with E-state index < -0.39 is 5.69 Å². The molecule has 0 amide bonds. The van der Waals surface area contributed by atoms with Gasteiger partial charge in [0.2, 0.25) is 0 Å². The molecule has 0 saturated carbocycles. The van der Waals surface area contributed by atoms with Crippen molar-refractivity contribution < 1.29 is 0 Å². The Hall–Kier alpha value is -1.95. The van der Waals surface area contributed by atoms with Crippen LogP contribution in [0.5, 0.6) is 0 Å². The van der Waals surface area contributed by atoms with Crippen molar-refractivity contribution >= 4 is 31.6 Å². The Bertz CT molecular complexity index is 768. The summed E-state index contributed by atoms with van der Waals surface area (Å²) < 4.78 is 1.46.